The van der Waals surface area contributed by atoms with Crippen LogP contribution in [0.3, 0.4) is 0 Å². The van der Waals surface area contributed by atoms with Gasteiger partial charge in [-0.25, -0.2) is 0 Å². The molecule has 1 aliphatic rings. The first kappa shape index (κ1) is 13.6. The molecule has 0 saturated carbocycles. The van der Waals surface area contributed by atoms with Crippen molar-refractivity contribution < 1.29 is 0 Å². The fourth-order valence-corrected chi connectivity index (χ4v) is 2.86. The average Bonchev–Trinajstić information content (AvgIpc) is 2.61. The van der Waals surface area contributed by atoms with Crippen LogP contribution < -0.4 is 5.32 Å². The molecule has 1 aromatic rings. The Morgan fingerprint density at radius 3 is 2.94 bits per heavy atom. The third-order valence-electron chi connectivity index (χ3n) is 3.97. The van der Waals surface area contributed by atoms with E-state index >= 15 is 0 Å². The Labute approximate surface area is 111 Å². The second-order valence-corrected chi connectivity index (χ2v) is 5.37. The first-order valence-corrected chi connectivity index (χ1v) is 7.31. The fourth-order valence-electron chi connectivity index (χ4n) is 2.86. The Bertz CT molecular complexity index is 362. The van der Waals surface area contributed by atoms with Crippen molar-refractivity contribution in [2.24, 2.45) is 0 Å². The van der Waals surface area contributed by atoms with E-state index in [1.54, 1.807) is 0 Å². The van der Waals surface area contributed by atoms with Crippen LogP contribution in [0.5, 0.6) is 0 Å². The lowest BCUT2D eigenvalue weighted by atomic mass is 9.98. The molecular formula is C16H26N2. The van der Waals surface area contributed by atoms with Crippen molar-refractivity contribution in [3.05, 3.63) is 35.4 Å². The molecule has 100 valence electrons. The summed E-state index contributed by atoms with van der Waals surface area (Å²) in [6.45, 7) is 5.63. The zero-order valence-electron chi connectivity index (χ0n) is 11.8. The van der Waals surface area contributed by atoms with Crippen molar-refractivity contribution in [1.82, 2.24) is 10.2 Å². The van der Waals surface area contributed by atoms with Gasteiger partial charge in [0.2, 0.25) is 0 Å². The zero-order chi connectivity index (χ0) is 12.8. The molecule has 1 atom stereocenters. The van der Waals surface area contributed by atoms with Crippen LogP contribution >= 0.6 is 0 Å². The molecule has 2 rings (SSSR count). The summed E-state index contributed by atoms with van der Waals surface area (Å²) in [7, 11) is 2.28. The van der Waals surface area contributed by atoms with Crippen LogP contribution in [-0.2, 0) is 6.54 Å². The number of rotatable bonds is 5. The van der Waals surface area contributed by atoms with E-state index in [1.165, 1.54) is 43.4 Å². The summed E-state index contributed by atoms with van der Waals surface area (Å²) >= 11 is 0. The maximum absolute atomic E-state index is 3.53. The molecule has 18 heavy (non-hydrogen) atoms. The van der Waals surface area contributed by atoms with Crippen molar-refractivity contribution in [1.29, 1.82) is 0 Å². The van der Waals surface area contributed by atoms with Gasteiger partial charge >= 0.3 is 0 Å². The molecule has 0 bridgehead atoms. The Morgan fingerprint density at radius 1 is 1.28 bits per heavy atom. The quantitative estimate of drug-likeness (QED) is 0.802. The third-order valence-corrected chi connectivity index (χ3v) is 3.97. The van der Waals surface area contributed by atoms with Crippen molar-refractivity contribution in [3.63, 3.8) is 0 Å². The molecule has 1 aliphatic heterocycles. The van der Waals surface area contributed by atoms with E-state index < -0.39 is 0 Å². The summed E-state index contributed by atoms with van der Waals surface area (Å²) in [5.74, 6) is 0. The van der Waals surface area contributed by atoms with E-state index in [-0.39, 0.29) is 0 Å². The van der Waals surface area contributed by atoms with Gasteiger partial charge in [0.05, 0.1) is 0 Å². The van der Waals surface area contributed by atoms with Gasteiger partial charge < -0.3 is 5.32 Å². The van der Waals surface area contributed by atoms with Crippen molar-refractivity contribution >= 4 is 0 Å². The predicted molar refractivity (Wildman–Crippen MR) is 77.7 cm³/mol. The number of hydrogen-bond donors (Lipinski definition) is 1. The van der Waals surface area contributed by atoms with E-state index in [2.05, 4.69) is 48.5 Å². The molecule has 1 N–H and O–H groups in total. The highest BCUT2D eigenvalue weighted by Crippen LogP contribution is 2.28. The Hall–Kier alpha value is -0.860. The van der Waals surface area contributed by atoms with Crippen molar-refractivity contribution in [3.8, 4) is 0 Å². The summed E-state index contributed by atoms with van der Waals surface area (Å²) in [6.07, 6.45) is 5.19. The van der Waals surface area contributed by atoms with Crippen LogP contribution in [0.15, 0.2) is 24.3 Å². The van der Waals surface area contributed by atoms with Crippen LogP contribution in [0.2, 0.25) is 0 Å². The molecule has 1 unspecified atom stereocenters. The molecule has 2 nitrogen and oxygen atoms in total. The molecule has 1 aromatic carbocycles. The maximum atomic E-state index is 3.53. The Balaban J connectivity index is 2.07. The Morgan fingerprint density at radius 2 is 2.11 bits per heavy atom. The second-order valence-electron chi connectivity index (χ2n) is 5.37. The molecule has 0 spiro atoms. The van der Waals surface area contributed by atoms with Gasteiger partial charge in [0, 0.05) is 12.6 Å². The number of hydrogen-bond acceptors (Lipinski definition) is 2. The number of benzene rings is 1. The smallest absolute Gasteiger partial charge is 0.0360 e. The van der Waals surface area contributed by atoms with E-state index in [1.807, 2.05) is 0 Å². The van der Waals surface area contributed by atoms with Crippen LogP contribution in [0.1, 0.15) is 49.8 Å². The van der Waals surface area contributed by atoms with Crippen molar-refractivity contribution in [2.75, 3.05) is 20.1 Å². The summed E-state index contributed by atoms with van der Waals surface area (Å²) in [6, 6.07) is 9.49. The zero-order valence-corrected chi connectivity index (χ0v) is 11.8. The van der Waals surface area contributed by atoms with Crippen LogP contribution in [0.4, 0.5) is 0 Å². The number of fused-ring (bicyclic) bond motifs is 1. The molecule has 2 heteroatoms. The highest BCUT2D eigenvalue weighted by molar-refractivity contribution is 5.31. The normalized spacial score (nSPS) is 19.6. The van der Waals surface area contributed by atoms with Crippen LogP contribution in [0, 0.1) is 0 Å². The van der Waals surface area contributed by atoms with Crippen LogP contribution in [-0.4, -0.2) is 25.0 Å². The number of unbranched alkanes of at least 4 members (excludes halogenated alkanes) is 2. The van der Waals surface area contributed by atoms with E-state index in [0.29, 0.717) is 6.04 Å². The standard InChI is InChI=1S/C16H26N2/c1-3-4-7-12-18(2)16-10-11-17-13-14-8-5-6-9-15(14)16/h5-6,8-9,16-17H,3-4,7,10-13H2,1-2H3. The van der Waals surface area contributed by atoms with Gasteiger partial charge in [-0.1, -0.05) is 44.0 Å². The minimum Gasteiger partial charge on any atom is -0.313 e. The fraction of sp³-hybridized carbons (Fsp3) is 0.625. The highest BCUT2D eigenvalue weighted by Gasteiger charge is 2.21. The van der Waals surface area contributed by atoms with Gasteiger partial charge in [-0.3, -0.25) is 4.90 Å². The molecule has 0 radical (unpaired) electrons. The summed E-state index contributed by atoms with van der Waals surface area (Å²) < 4.78 is 0. The summed E-state index contributed by atoms with van der Waals surface area (Å²) in [5, 5.41) is 3.53. The number of nitrogens with zero attached hydrogens (tertiary/aromatic N) is 1. The maximum Gasteiger partial charge on any atom is 0.0360 e. The lowest BCUT2D eigenvalue weighted by molar-refractivity contribution is 0.230. The summed E-state index contributed by atoms with van der Waals surface area (Å²) in [4.78, 5) is 2.54. The van der Waals surface area contributed by atoms with Crippen molar-refractivity contribution in [2.45, 2.75) is 45.2 Å². The molecule has 0 amide bonds. The minimum absolute atomic E-state index is 0.591. The predicted octanol–water partition coefficient (Wildman–Crippen LogP) is 3.34. The molecular weight excluding hydrogens is 220 g/mol. The molecule has 0 saturated heterocycles. The van der Waals surface area contributed by atoms with Gasteiger partial charge in [0.15, 0.2) is 0 Å². The second kappa shape index (κ2) is 6.91. The van der Waals surface area contributed by atoms with E-state index in [0.717, 1.165) is 13.1 Å². The van der Waals surface area contributed by atoms with Crippen LogP contribution in [0.25, 0.3) is 0 Å². The highest BCUT2D eigenvalue weighted by atomic mass is 15.1. The van der Waals surface area contributed by atoms with Gasteiger partial charge in [-0.05, 0) is 44.1 Å². The average molecular weight is 246 g/mol. The minimum atomic E-state index is 0.591. The first-order valence-electron chi connectivity index (χ1n) is 7.31. The first-order chi connectivity index (χ1) is 8.83. The largest absolute Gasteiger partial charge is 0.313 e. The van der Waals surface area contributed by atoms with Gasteiger partial charge in [0.25, 0.3) is 0 Å². The van der Waals surface area contributed by atoms with E-state index in [4.69, 9.17) is 0 Å². The van der Waals surface area contributed by atoms with Gasteiger partial charge in [-0.15, -0.1) is 0 Å². The third kappa shape index (κ3) is 3.33. The number of nitrogens with one attached hydrogen (secondary N) is 1. The Kier molecular flexibility index (Phi) is 5.21. The lowest BCUT2D eigenvalue weighted by Crippen LogP contribution is -2.27. The SMILES string of the molecule is CCCCCN(C)C1CCNCc2ccccc21. The lowest BCUT2D eigenvalue weighted by Gasteiger charge is -2.28. The van der Waals surface area contributed by atoms with Gasteiger partial charge in [0.1, 0.15) is 0 Å². The molecule has 0 aromatic heterocycles. The van der Waals surface area contributed by atoms with E-state index in [9.17, 15) is 0 Å². The van der Waals surface area contributed by atoms with Gasteiger partial charge in [-0.2, -0.15) is 0 Å². The topological polar surface area (TPSA) is 15.3 Å². The summed E-state index contributed by atoms with van der Waals surface area (Å²) in [5.41, 5.74) is 3.00. The molecule has 0 fully saturated rings. The molecule has 0 aliphatic carbocycles. The monoisotopic (exact) mass is 246 g/mol. The molecule has 1 heterocycles.